The first-order valence-electron chi connectivity index (χ1n) is 10.6. The molecule has 2 aromatic rings. The van der Waals surface area contributed by atoms with Crippen molar-refractivity contribution in [1.29, 1.82) is 0 Å². The molecule has 0 unspecified atom stereocenters. The highest BCUT2D eigenvalue weighted by Gasteiger charge is 2.26. The minimum absolute atomic E-state index is 0.0339. The fourth-order valence-corrected chi connectivity index (χ4v) is 4.43. The van der Waals surface area contributed by atoms with Gasteiger partial charge in [0.2, 0.25) is 0 Å². The highest BCUT2D eigenvalue weighted by Crippen LogP contribution is 2.25. The van der Waals surface area contributed by atoms with Crippen molar-refractivity contribution in [1.82, 2.24) is 19.8 Å². The molecule has 2 amide bonds. The van der Waals surface area contributed by atoms with Crippen LogP contribution in [0.1, 0.15) is 67.1 Å². The summed E-state index contributed by atoms with van der Waals surface area (Å²) in [5.74, 6) is 0.955. The van der Waals surface area contributed by atoms with Crippen molar-refractivity contribution in [2.75, 3.05) is 6.54 Å². The molecule has 1 aromatic carbocycles. The van der Waals surface area contributed by atoms with Crippen molar-refractivity contribution in [3.8, 4) is 0 Å². The molecule has 0 saturated heterocycles. The van der Waals surface area contributed by atoms with Gasteiger partial charge in [0.25, 0.3) is 0 Å². The number of urea groups is 1. The van der Waals surface area contributed by atoms with Crippen molar-refractivity contribution in [3.05, 3.63) is 52.6 Å². The number of nitrogens with zero attached hydrogens (tertiary/aromatic N) is 3. The molecule has 0 aliphatic heterocycles. The molecule has 5 heteroatoms. The van der Waals surface area contributed by atoms with Crippen molar-refractivity contribution < 1.29 is 4.79 Å². The number of hydrogen-bond donors (Lipinski definition) is 1. The summed E-state index contributed by atoms with van der Waals surface area (Å²) in [6, 6.07) is 4.82. The second-order valence-electron chi connectivity index (χ2n) is 8.10. The first-order chi connectivity index (χ1) is 13.5. The van der Waals surface area contributed by atoms with Gasteiger partial charge in [-0.05, 0) is 57.2 Å². The number of nitrogens with one attached hydrogen (secondary N) is 1. The minimum atomic E-state index is 0.0339. The highest BCUT2D eigenvalue weighted by molar-refractivity contribution is 5.74. The Hall–Kier alpha value is -2.30. The van der Waals surface area contributed by atoms with Crippen LogP contribution >= 0.6 is 0 Å². The number of benzene rings is 1. The molecule has 0 spiro atoms. The van der Waals surface area contributed by atoms with E-state index in [1.807, 2.05) is 24.2 Å². The largest absolute Gasteiger partial charge is 0.338 e. The van der Waals surface area contributed by atoms with Gasteiger partial charge in [0, 0.05) is 31.5 Å². The van der Waals surface area contributed by atoms with Gasteiger partial charge in [-0.2, -0.15) is 0 Å². The average molecular weight is 383 g/mol. The summed E-state index contributed by atoms with van der Waals surface area (Å²) < 4.78 is 2.19. The third-order valence-electron chi connectivity index (χ3n) is 5.89. The van der Waals surface area contributed by atoms with E-state index in [4.69, 9.17) is 0 Å². The first-order valence-corrected chi connectivity index (χ1v) is 10.6. The molecule has 1 saturated carbocycles. The zero-order chi connectivity index (χ0) is 20.1. The number of carbonyl (C=O) groups is 1. The predicted octanol–water partition coefficient (Wildman–Crippen LogP) is 4.72. The Bertz CT molecular complexity index is 782. The molecule has 0 bridgehead atoms. The number of aromatic nitrogens is 2. The standard InChI is InChI=1S/C23H34N4O/c1-5-24-23(28)27(20-9-7-6-8-10-20)16-22-25-11-12-26(22)15-21-18(3)13-17(2)14-19(21)4/h11-14,20H,5-10,15-16H2,1-4H3,(H,24,28). The number of carbonyl (C=O) groups excluding carboxylic acids is 1. The monoisotopic (exact) mass is 382 g/mol. The van der Waals surface area contributed by atoms with E-state index in [9.17, 15) is 4.79 Å². The predicted molar refractivity (Wildman–Crippen MR) is 113 cm³/mol. The Balaban J connectivity index is 1.82. The lowest BCUT2D eigenvalue weighted by Crippen LogP contribution is -2.46. The Labute approximate surface area is 169 Å². The smallest absolute Gasteiger partial charge is 0.318 e. The summed E-state index contributed by atoms with van der Waals surface area (Å²) >= 11 is 0. The molecule has 3 rings (SSSR count). The molecule has 28 heavy (non-hydrogen) atoms. The summed E-state index contributed by atoms with van der Waals surface area (Å²) in [7, 11) is 0. The van der Waals surface area contributed by atoms with Crippen LogP contribution in [0.3, 0.4) is 0 Å². The molecular weight excluding hydrogens is 348 g/mol. The lowest BCUT2D eigenvalue weighted by atomic mass is 9.94. The van der Waals surface area contributed by atoms with E-state index >= 15 is 0 Å². The lowest BCUT2D eigenvalue weighted by Gasteiger charge is -2.34. The van der Waals surface area contributed by atoms with E-state index in [-0.39, 0.29) is 6.03 Å². The van der Waals surface area contributed by atoms with Gasteiger partial charge in [-0.15, -0.1) is 0 Å². The fraction of sp³-hybridized carbons (Fsp3) is 0.565. The topological polar surface area (TPSA) is 50.2 Å². The van der Waals surface area contributed by atoms with Crippen LogP contribution in [-0.4, -0.2) is 33.1 Å². The van der Waals surface area contributed by atoms with Crippen LogP contribution in [-0.2, 0) is 13.1 Å². The molecule has 1 fully saturated rings. The maximum atomic E-state index is 12.8. The number of amides is 2. The first kappa shape index (κ1) is 20.4. The number of hydrogen-bond acceptors (Lipinski definition) is 2. The SMILES string of the molecule is CCNC(=O)N(Cc1nccn1Cc1c(C)cc(C)cc1C)C1CCCCC1. The molecule has 152 valence electrons. The van der Waals surface area contributed by atoms with Gasteiger partial charge in [-0.25, -0.2) is 9.78 Å². The number of rotatable bonds is 6. The van der Waals surface area contributed by atoms with Gasteiger partial charge < -0.3 is 14.8 Å². The lowest BCUT2D eigenvalue weighted by molar-refractivity contribution is 0.148. The maximum absolute atomic E-state index is 12.8. The molecule has 1 aliphatic carbocycles. The summed E-state index contributed by atoms with van der Waals surface area (Å²) in [6.07, 6.45) is 9.76. The van der Waals surface area contributed by atoms with Gasteiger partial charge in [0.05, 0.1) is 6.54 Å². The van der Waals surface area contributed by atoms with Gasteiger partial charge in [0.1, 0.15) is 5.82 Å². The van der Waals surface area contributed by atoms with E-state index in [1.165, 1.54) is 41.5 Å². The number of aryl methyl sites for hydroxylation is 3. The van der Waals surface area contributed by atoms with E-state index in [2.05, 4.69) is 47.8 Å². The van der Waals surface area contributed by atoms with Crippen LogP contribution in [0.25, 0.3) is 0 Å². The molecule has 1 aliphatic rings. The zero-order valence-electron chi connectivity index (χ0n) is 17.8. The van der Waals surface area contributed by atoms with E-state index in [0.717, 1.165) is 25.2 Å². The van der Waals surface area contributed by atoms with Gasteiger partial charge >= 0.3 is 6.03 Å². The zero-order valence-corrected chi connectivity index (χ0v) is 17.8. The molecule has 1 N–H and O–H groups in total. The summed E-state index contributed by atoms with van der Waals surface area (Å²) in [5.41, 5.74) is 5.26. The molecule has 0 radical (unpaired) electrons. The van der Waals surface area contributed by atoms with Crippen LogP contribution in [0.2, 0.25) is 0 Å². The highest BCUT2D eigenvalue weighted by atomic mass is 16.2. The van der Waals surface area contributed by atoms with Crippen molar-refractivity contribution in [2.24, 2.45) is 0 Å². The van der Waals surface area contributed by atoms with E-state index in [0.29, 0.717) is 19.1 Å². The molecule has 1 aromatic heterocycles. The summed E-state index contributed by atoms with van der Waals surface area (Å²) in [5, 5.41) is 3.00. The molecule has 0 atom stereocenters. The van der Waals surface area contributed by atoms with Crippen molar-refractivity contribution in [2.45, 2.75) is 78.9 Å². The van der Waals surface area contributed by atoms with Crippen LogP contribution in [0.5, 0.6) is 0 Å². The van der Waals surface area contributed by atoms with E-state index < -0.39 is 0 Å². The van der Waals surface area contributed by atoms with E-state index in [1.54, 1.807) is 0 Å². The minimum Gasteiger partial charge on any atom is -0.338 e. The molecular formula is C23H34N4O. The molecule has 5 nitrogen and oxygen atoms in total. The quantitative estimate of drug-likeness (QED) is 0.786. The van der Waals surface area contributed by atoms with Gasteiger partial charge in [0.15, 0.2) is 0 Å². The van der Waals surface area contributed by atoms with Crippen molar-refractivity contribution in [3.63, 3.8) is 0 Å². The van der Waals surface area contributed by atoms with Crippen LogP contribution in [0, 0.1) is 20.8 Å². The Kier molecular flexibility index (Phi) is 6.76. The fourth-order valence-electron chi connectivity index (χ4n) is 4.43. The Morgan fingerprint density at radius 1 is 1.18 bits per heavy atom. The van der Waals surface area contributed by atoms with Gasteiger partial charge in [-0.3, -0.25) is 0 Å². The van der Waals surface area contributed by atoms with Crippen LogP contribution in [0.15, 0.2) is 24.5 Å². The summed E-state index contributed by atoms with van der Waals surface area (Å²) in [4.78, 5) is 19.4. The van der Waals surface area contributed by atoms with Crippen LogP contribution in [0.4, 0.5) is 4.79 Å². The second-order valence-corrected chi connectivity index (χ2v) is 8.10. The third-order valence-corrected chi connectivity index (χ3v) is 5.89. The number of imidazole rings is 1. The van der Waals surface area contributed by atoms with Gasteiger partial charge in [-0.1, -0.05) is 37.0 Å². The Morgan fingerprint density at radius 3 is 2.50 bits per heavy atom. The third kappa shape index (κ3) is 4.75. The van der Waals surface area contributed by atoms with Crippen molar-refractivity contribution >= 4 is 6.03 Å². The molecule has 1 heterocycles. The maximum Gasteiger partial charge on any atom is 0.318 e. The second kappa shape index (κ2) is 9.26. The Morgan fingerprint density at radius 2 is 1.86 bits per heavy atom. The normalized spacial score (nSPS) is 14.9. The average Bonchev–Trinajstić information content (AvgIpc) is 3.10. The van der Waals surface area contributed by atoms with Crippen LogP contribution < -0.4 is 5.32 Å². The summed E-state index contributed by atoms with van der Waals surface area (Å²) in [6.45, 7) is 10.5.